The number of carbonyl (C=O) groups is 2. The third-order valence-electron chi connectivity index (χ3n) is 4.19. The lowest BCUT2D eigenvalue weighted by molar-refractivity contribution is -0.120. The van der Waals surface area contributed by atoms with Gasteiger partial charge in [0.1, 0.15) is 0 Å². The molecular formula is C20H23N3O4. The van der Waals surface area contributed by atoms with Gasteiger partial charge in [0, 0.05) is 12.2 Å². The summed E-state index contributed by atoms with van der Waals surface area (Å²) in [4.78, 5) is 26.0. The number of fused-ring (bicyclic) bond motifs is 1. The molecule has 142 valence electrons. The molecule has 3 rings (SSSR count). The zero-order valence-corrected chi connectivity index (χ0v) is 15.7. The SMILES string of the molecule is Cc1ccc(NC(=O)NC(=O)CN(C)Cc2ccc3c(c2)OCO3)c(C)c1. The average Bonchev–Trinajstić information content (AvgIpc) is 3.04. The van der Waals surface area contributed by atoms with E-state index in [0.717, 1.165) is 22.4 Å². The van der Waals surface area contributed by atoms with Crippen LogP contribution < -0.4 is 20.1 Å². The van der Waals surface area contributed by atoms with Gasteiger partial charge >= 0.3 is 6.03 Å². The lowest BCUT2D eigenvalue weighted by Crippen LogP contribution is -2.40. The molecule has 0 saturated carbocycles. The highest BCUT2D eigenvalue weighted by atomic mass is 16.7. The molecule has 1 heterocycles. The molecule has 7 nitrogen and oxygen atoms in total. The lowest BCUT2D eigenvalue weighted by Gasteiger charge is -2.16. The average molecular weight is 369 g/mol. The minimum atomic E-state index is -0.538. The van der Waals surface area contributed by atoms with Crippen molar-refractivity contribution in [3.63, 3.8) is 0 Å². The second kappa shape index (κ2) is 8.09. The standard InChI is InChI=1S/C20H23N3O4/c1-13-4-6-16(14(2)8-13)21-20(25)22-19(24)11-23(3)10-15-5-7-17-18(9-15)27-12-26-17/h4-9H,10-12H2,1-3H3,(H2,21,22,24,25). The summed E-state index contributed by atoms with van der Waals surface area (Å²) in [6.45, 7) is 4.75. The van der Waals surface area contributed by atoms with Gasteiger partial charge in [-0.3, -0.25) is 15.0 Å². The zero-order chi connectivity index (χ0) is 19.4. The molecule has 0 spiro atoms. The highest BCUT2D eigenvalue weighted by molar-refractivity contribution is 6.02. The Bertz CT molecular complexity index is 866. The van der Waals surface area contributed by atoms with E-state index < -0.39 is 6.03 Å². The monoisotopic (exact) mass is 369 g/mol. The molecule has 0 atom stereocenters. The van der Waals surface area contributed by atoms with Crippen LogP contribution in [-0.4, -0.2) is 37.2 Å². The van der Waals surface area contributed by atoms with Gasteiger partial charge in [-0.05, 0) is 50.2 Å². The van der Waals surface area contributed by atoms with Crippen LogP contribution in [0.3, 0.4) is 0 Å². The van der Waals surface area contributed by atoms with E-state index in [1.807, 2.05) is 62.2 Å². The number of urea groups is 1. The molecule has 0 aliphatic carbocycles. The van der Waals surface area contributed by atoms with Crippen LogP contribution in [0.2, 0.25) is 0 Å². The second-order valence-corrected chi connectivity index (χ2v) is 6.68. The summed E-state index contributed by atoms with van der Waals surface area (Å²) in [5, 5.41) is 5.05. The molecule has 2 N–H and O–H groups in total. The van der Waals surface area contributed by atoms with Crippen LogP contribution in [0.15, 0.2) is 36.4 Å². The Morgan fingerprint density at radius 3 is 2.63 bits per heavy atom. The Morgan fingerprint density at radius 1 is 1.07 bits per heavy atom. The van der Waals surface area contributed by atoms with Crippen LogP contribution in [-0.2, 0) is 11.3 Å². The molecule has 0 aromatic heterocycles. The van der Waals surface area contributed by atoms with Crippen LogP contribution in [0.5, 0.6) is 11.5 Å². The number of nitrogens with zero attached hydrogens (tertiary/aromatic N) is 1. The van der Waals surface area contributed by atoms with Gasteiger partial charge in [-0.25, -0.2) is 4.79 Å². The number of carbonyl (C=O) groups excluding carboxylic acids is 2. The van der Waals surface area contributed by atoms with Crippen molar-refractivity contribution >= 4 is 17.6 Å². The van der Waals surface area contributed by atoms with Gasteiger partial charge in [-0.1, -0.05) is 23.8 Å². The summed E-state index contributed by atoms with van der Waals surface area (Å²) >= 11 is 0. The zero-order valence-electron chi connectivity index (χ0n) is 15.7. The number of amides is 3. The fourth-order valence-corrected chi connectivity index (χ4v) is 2.93. The molecule has 0 unspecified atom stereocenters. The van der Waals surface area contributed by atoms with Gasteiger partial charge in [-0.2, -0.15) is 0 Å². The Balaban J connectivity index is 1.48. The van der Waals surface area contributed by atoms with Crippen molar-refractivity contribution in [3.05, 3.63) is 53.1 Å². The first-order chi connectivity index (χ1) is 12.9. The van der Waals surface area contributed by atoms with E-state index in [0.29, 0.717) is 18.0 Å². The van der Waals surface area contributed by atoms with E-state index >= 15 is 0 Å². The first-order valence-corrected chi connectivity index (χ1v) is 8.66. The highest BCUT2D eigenvalue weighted by Crippen LogP contribution is 2.32. The number of hydrogen-bond acceptors (Lipinski definition) is 5. The Labute approximate surface area is 158 Å². The Hall–Kier alpha value is -3.06. The summed E-state index contributed by atoms with van der Waals surface area (Å²) in [7, 11) is 1.81. The van der Waals surface area contributed by atoms with Crippen molar-refractivity contribution in [2.45, 2.75) is 20.4 Å². The Morgan fingerprint density at radius 2 is 1.85 bits per heavy atom. The summed E-state index contributed by atoms with van der Waals surface area (Å²) < 4.78 is 10.6. The molecule has 7 heteroatoms. The van der Waals surface area contributed by atoms with E-state index in [1.54, 1.807) is 0 Å². The number of imide groups is 1. The van der Waals surface area contributed by atoms with Crippen LogP contribution in [0.1, 0.15) is 16.7 Å². The number of aryl methyl sites for hydroxylation is 2. The predicted octanol–water partition coefficient (Wildman–Crippen LogP) is 2.81. The van der Waals surface area contributed by atoms with Crippen molar-refractivity contribution in [3.8, 4) is 11.5 Å². The van der Waals surface area contributed by atoms with Crippen molar-refractivity contribution in [1.82, 2.24) is 10.2 Å². The van der Waals surface area contributed by atoms with Gasteiger partial charge < -0.3 is 14.8 Å². The predicted molar refractivity (Wildman–Crippen MR) is 102 cm³/mol. The molecule has 0 saturated heterocycles. The first-order valence-electron chi connectivity index (χ1n) is 8.66. The molecule has 1 aliphatic heterocycles. The number of benzene rings is 2. The van der Waals surface area contributed by atoms with Gasteiger partial charge in [0.2, 0.25) is 12.7 Å². The van der Waals surface area contributed by atoms with Crippen LogP contribution in [0, 0.1) is 13.8 Å². The van der Waals surface area contributed by atoms with E-state index in [4.69, 9.17) is 9.47 Å². The lowest BCUT2D eigenvalue weighted by atomic mass is 10.1. The molecule has 2 aromatic rings. The highest BCUT2D eigenvalue weighted by Gasteiger charge is 2.15. The van der Waals surface area contributed by atoms with E-state index in [-0.39, 0.29) is 19.2 Å². The molecular weight excluding hydrogens is 346 g/mol. The topological polar surface area (TPSA) is 79.9 Å². The normalized spacial score (nSPS) is 12.1. The van der Waals surface area contributed by atoms with Crippen molar-refractivity contribution in [1.29, 1.82) is 0 Å². The van der Waals surface area contributed by atoms with E-state index in [1.165, 1.54) is 0 Å². The third kappa shape index (κ3) is 4.98. The number of anilines is 1. The number of nitrogens with one attached hydrogen (secondary N) is 2. The summed E-state index contributed by atoms with van der Waals surface area (Å²) in [6, 6.07) is 10.8. The maximum Gasteiger partial charge on any atom is 0.325 e. The van der Waals surface area contributed by atoms with Gasteiger partial charge in [0.05, 0.1) is 6.54 Å². The van der Waals surface area contributed by atoms with Crippen molar-refractivity contribution in [2.75, 3.05) is 25.7 Å². The smallest absolute Gasteiger partial charge is 0.325 e. The molecule has 0 fully saturated rings. The fraction of sp³-hybridized carbons (Fsp3) is 0.300. The van der Waals surface area contributed by atoms with Crippen molar-refractivity contribution in [2.24, 2.45) is 0 Å². The van der Waals surface area contributed by atoms with Crippen LogP contribution >= 0.6 is 0 Å². The molecule has 0 bridgehead atoms. The molecule has 27 heavy (non-hydrogen) atoms. The maximum absolute atomic E-state index is 12.1. The number of hydrogen-bond donors (Lipinski definition) is 2. The van der Waals surface area contributed by atoms with E-state index in [9.17, 15) is 9.59 Å². The fourth-order valence-electron chi connectivity index (χ4n) is 2.93. The van der Waals surface area contributed by atoms with Gasteiger partial charge in [0.15, 0.2) is 11.5 Å². The Kier molecular flexibility index (Phi) is 5.61. The maximum atomic E-state index is 12.1. The van der Waals surface area contributed by atoms with Crippen LogP contribution in [0.4, 0.5) is 10.5 Å². The van der Waals surface area contributed by atoms with Crippen molar-refractivity contribution < 1.29 is 19.1 Å². The quantitative estimate of drug-likeness (QED) is 0.847. The second-order valence-electron chi connectivity index (χ2n) is 6.68. The first kappa shape index (κ1) is 18.7. The van der Waals surface area contributed by atoms with E-state index in [2.05, 4.69) is 10.6 Å². The largest absolute Gasteiger partial charge is 0.454 e. The molecule has 1 aliphatic rings. The van der Waals surface area contributed by atoms with Gasteiger partial charge in [-0.15, -0.1) is 0 Å². The summed E-state index contributed by atoms with van der Waals surface area (Å²) in [5.74, 6) is 1.06. The number of rotatable bonds is 5. The minimum absolute atomic E-state index is 0.0920. The molecule has 0 radical (unpaired) electrons. The van der Waals surface area contributed by atoms with Crippen LogP contribution in [0.25, 0.3) is 0 Å². The molecule has 3 amide bonds. The summed E-state index contributed by atoms with van der Waals surface area (Å²) in [6.07, 6.45) is 0. The third-order valence-corrected chi connectivity index (χ3v) is 4.19. The number of ether oxygens (including phenoxy) is 2. The molecule has 2 aromatic carbocycles. The summed E-state index contributed by atoms with van der Waals surface area (Å²) in [5.41, 5.74) is 3.73. The minimum Gasteiger partial charge on any atom is -0.454 e. The van der Waals surface area contributed by atoms with Gasteiger partial charge in [0.25, 0.3) is 0 Å². The number of likely N-dealkylation sites (N-methyl/N-ethyl adjacent to an activating group) is 1.